The van der Waals surface area contributed by atoms with E-state index in [-0.39, 0.29) is 23.5 Å². The molecule has 1 saturated heterocycles. The third-order valence-corrected chi connectivity index (χ3v) is 7.45. The lowest BCUT2D eigenvalue weighted by molar-refractivity contribution is -0.138. The highest BCUT2D eigenvalue weighted by atomic mass is 16.2. The molecule has 0 saturated carbocycles. The first-order chi connectivity index (χ1) is 15.9. The van der Waals surface area contributed by atoms with E-state index in [1.54, 1.807) is 0 Å². The molecule has 2 N–H and O–H groups in total. The third-order valence-electron chi connectivity index (χ3n) is 7.45. The van der Waals surface area contributed by atoms with Crippen molar-refractivity contribution < 1.29 is 9.59 Å². The number of fused-ring (bicyclic) bond motifs is 2. The summed E-state index contributed by atoms with van der Waals surface area (Å²) in [6.45, 7) is 8.77. The van der Waals surface area contributed by atoms with Crippen LogP contribution in [0.4, 0.5) is 0 Å². The topological polar surface area (TPSA) is 68.4 Å². The van der Waals surface area contributed by atoms with Crippen LogP contribution in [0.3, 0.4) is 0 Å². The lowest BCUT2D eigenvalue weighted by atomic mass is 9.70. The fourth-order valence-electron chi connectivity index (χ4n) is 5.98. The average molecular weight is 451 g/mol. The molecule has 33 heavy (non-hydrogen) atoms. The monoisotopic (exact) mass is 450 g/mol. The van der Waals surface area contributed by atoms with Gasteiger partial charge < -0.3 is 15.2 Å². The van der Waals surface area contributed by atoms with E-state index in [1.807, 2.05) is 27.1 Å². The van der Waals surface area contributed by atoms with Gasteiger partial charge in [0.1, 0.15) is 5.78 Å². The number of likely N-dealkylation sites (tertiary alicyclic amines) is 1. The average Bonchev–Trinajstić information content (AvgIpc) is 3.21. The molecule has 4 rings (SSSR count). The molecule has 1 aromatic carbocycles. The van der Waals surface area contributed by atoms with Crippen molar-refractivity contribution in [3.05, 3.63) is 48.2 Å². The Hall–Kier alpha value is -2.44. The first kappa shape index (κ1) is 23.7. The summed E-state index contributed by atoms with van der Waals surface area (Å²) in [6.07, 6.45) is 7.32. The Balaban J connectivity index is 1.61. The standard InChI is InChI=1S/C27H38N4O2/c1-5-12-31-17-19(26(32)21(27(33)28-6-2)10-8-13-30(3)4)14-22-20-9-7-11-23-25(20)18(16-29-23)15-24(22)31/h5,7,9,11,16,19,21-22,24,29H,1,6,8,10,12-15,17H2,2-4H3,(H,28,33)/t19-,21?,22?,24-/m1/s1. The largest absolute Gasteiger partial charge is 0.361 e. The van der Waals surface area contributed by atoms with Gasteiger partial charge in [0, 0.05) is 54.6 Å². The smallest absolute Gasteiger partial charge is 0.230 e. The summed E-state index contributed by atoms with van der Waals surface area (Å²) in [5.74, 6) is -0.430. The van der Waals surface area contributed by atoms with Crippen LogP contribution in [-0.4, -0.2) is 72.8 Å². The molecule has 6 heteroatoms. The molecule has 2 heterocycles. The van der Waals surface area contributed by atoms with Crippen molar-refractivity contribution in [3.8, 4) is 0 Å². The number of benzene rings is 1. The van der Waals surface area contributed by atoms with Crippen molar-refractivity contribution >= 4 is 22.6 Å². The number of aromatic amines is 1. The van der Waals surface area contributed by atoms with Crippen LogP contribution in [0.5, 0.6) is 0 Å². The van der Waals surface area contributed by atoms with Gasteiger partial charge >= 0.3 is 0 Å². The number of carbonyl (C=O) groups excluding carboxylic acids is 2. The molecule has 0 bridgehead atoms. The molecule has 4 atom stereocenters. The lowest BCUT2D eigenvalue weighted by Gasteiger charge is -2.47. The van der Waals surface area contributed by atoms with Gasteiger partial charge in [-0.25, -0.2) is 0 Å². The van der Waals surface area contributed by atoms with Gasteiger partial charge in [-0.2, -0.15) is 0 Å². The number of aromatic nitrogens is 1. The van der Waals surface area contributed by atoms with Crippen molar-refractivity contribution in [2.45, 2.75) is 44.6 Å². The Morgan fingerprint density at radius 3 is 2.91 bits per heavy atom. The molecular formula is C27H38N4O2. The number of H-pyrrole nitrogens is 1. The number of hydrogen-bond donors (Lipinski definition) is 2. The summed E-state index contributed by atoms with van der Waals surface area (Å²) in [5.41, 5.74) is 3.88. The minimum Gasteiger partial charge on any atom is -0.361 e. The lowest BCUT2D eigenvalue weighted by Crippen LogP contribution is -2.53. The minimum absolute atomic E-state index is 0.110. The maximum Gasteiger partial charge on any atom is 0.230 e. The highest BCUT2D eigenvalue weighted by Crippen LogP contribution is 2.45. The van der Waals surface area contributed by atoms with Crippen molar-refractivity contribution in [2.24, 2.45) is 11.8 Å². The molecule has 6 nitrogen and oxygen atoms in total. The maximum absolute atomic E-state index is 13.8. The number of ketones is 1. The van der Waals surface area contributed by atoms with Gasteiger partial charge in [-0.1, -0.05) is 18.2 Å². The van der Waals surface area contributed by atoms with E-state index >= 15 is 0 Å². The number of nitrogens with one attached hydrogen (secondary N) is 2. The van der Waals surface area contributed by atoms with Crippen LogP contribution in [0.2, 0.25) is 0 Å². The minimum atomic E-state index is -0.570. The zero-order valence-electron chi connectivity index (χ0n) is 20.3. The van der Waals surface area contributed by atoms with Gasteiger partial charge in [-0.3, -0.25) is 14.5 Å². The van der Waals surface area contributed by atoms with E-state index in [1.165, 1.54) is 22.0 Å². The number of nitrogens with zero attached hydrogens (tertiary/aromatic N) is 2. The second-order valence-electron chi connectivity index (χ2n) is 9.93. The van der Waals surface area contributed by atoms with E-state index in [0.717, 1.165) is 32.4 Å². The second-order valence-corrected chi connectivity index (χ2v) is 9.93. The second kappa shape index (κ2) is 10.2. The molecule has 1 aliphatic heterocycles. The first-order valence-corrected chi connectivity index (χ1v) is 12.3. The Labute approximate surface area is 197 Å². The predicted molar refractivity (Wildman–Crippen MR) is 133 cm³/mol. The van der Waals surface area contributed by atoms with Gasteiger partial charge in [0.2, 0.25) is 5.91 Å². The normalized spacial score (nSPS) is 23.3. The van der Waals surface area contributed by atoms with Crippen LogP contribution in [0.15, 0.2) is 37.1 Å². The molecule has 2 aliphatic rings. The summed E-state index contributed by atoms with van der Waals surface area (Å²) in [5, 5.41) is 4.24. The summed E-state index contributed by atoms with van der Waals surface area (Å²) in [7, 11) is 4.05. The number of amides is 1. The van der Waals surface area contributed by atoms with Gasteiger partial charge in [0.05, 0.1) is 5.92 Å². The molecule has 2 aromatic rings. The molecule has 0 spiro atoms. The van der Waals surface area contributed by atoms with Crippen LogP contribution in [0.1, 0.15) is 43.2 Å². The molecule has 1 fully saturated rings. The molecule has 178 valence electrons. The van der Waals surface area contributed by atoms with Crippen LogP contribution < -0.4 is 5.32 Å². The molecule has 1 aromatic heterocycles. The van der Waals surface area contributed by atoms with E-state index in [2.05, 4.69) is 51.1 Å². The quantitative estimate of drug-likeness (QED) is 0.430. The van der Waals surface area contributed by atoms with E-state index < -0.39 is 5.92 Å². The zero-order valence-corrected chi connectivity index (χ0v) is 20.3. The first-order valence-electron chi connectivity index (χ1n) is 12.3. The predicted octanol–water partition coefficient (Wildman–Crippen LogP) is 3.35. The Bertz CT molecular complexity index is 1010. The number of hydrogen-bond acceptors (Lipinski definition) is 4. The fourth-order valence-corrected chi connectivity index (χ4v) is 5.98. The highest BCUT2D eigenvalue weighted by molar-refractivity contribution is 6.02. The van der Waals surface area contributed by atoms with Gasteiger partial charge in [-0.15, -0.1) is 6.58 Å². The van der Waals surface area contributed by atoms with Crippen LogP contribution in [-0.2, 0) is 16.0 Å². The molecule has 1 aliphatic carbocycles. The van der Waals surface area contributed by atoms with E-state index in [4.69, 9.17) is 0 Å². The van der Waals surface area contributed by atoms with Gasteiger partial charge in [0.25, 0.3) is 0 Å². The summed E-state index contributed by atoms with van der Waals surface area (Å²) in [6, 6.07) is 6.83. The Morgan fingerprint density at radius 1 is 1.36 bits per heavy atom. The third kappa shape index (κ3) is 4.78. The molecule has 0 radical (unpaired) electrons. The van der Waals surface area contributed by atoms with Gasteiger partial charge in [0.15, 0.2) is 0 Å². The van der Waals surface area contributed by atoms with Crippen molar-refractivity contribution in [2.75, 3.05) is 40.3 Å². The number of piperidine rings is 1. The molecule has 2 unspecified atom stereocenters. The molecular weight excluding hydrogens is 412 g/mol. The van der Waals surface area contributed by atoms with Crippen LogP contribution in [0, 0.1) is 11.8 Å². The molecule has 1 amide bonds. The van der Waals surface area contributed by atoms with Crippen molar-refractivity contribution in [1.29, 1.82) is 0 Å². The Morgan fingerprint density at radius 2 is 2.18 bits per heavy atom. The number of Topliss-reactive ketones (excluding diaryl/α,β-unsaturated/α-hetero) is 1. The van der Waals surface area contributed by atoms with Crippen molar-refractivity contribution in [1.82, 2.24) is 20.1 Å². The summed E-state index contributed by atoms with van der Waals surface area (Å²) < 4.78 is 0. The van der Waals surface area contributed by atoms with Crippen molar-refractivity contribution in [3.63, 3.8) is 0 Å². The van der Waals surface area contributed by atoms with E-state index in [0.29, 0.717) is 25.6 Å². The van der Waals surface area contributed by atoms with E-state index in [9.17, 15) is 9.59 Å². The zero-order chi connectivity index (χ0) is 23.5. The summed E-state index contributed by atoms with van der Waals surface area (Å²) >= 11 is 0. The van der Waals surface area contributed by atoms with Crippen LogP contribution >= 0.6 is 0 Å². The SMILES string of the molecule is C=CCN1C[C@H](C(=O)C(CCCN(C)C)C(=O)NCC)CC2c3cccc4[nH]cc(c34)C[C@H]21. The maximum atomic E-state index is 13.8. The number of carbonyl (C=O) groups is 2. The van der Waals surface area contributed by atoms with Gasteiger partial charge in [-0.05, 0) is 70.4 Å². The highest BCUT2D eigenvalue weighted by Gasteiger charge is 2.44. The Kier molecular flexibility index (Phi) is 7.35. The number of rotatable bonds is 10. The fraction of sp³-hybridized carbons (Fsp3) is 0.556. The van der Waals surface area contributed by atoms with Crippen LogP contribution in [0.25, 0.3) is 10.9 Å². The summed E-state index contributed by atoms with van der Waals surface area (Å²) in [4.78, 5) is 34.7.